The van der Waals surface area contributed by atoms with E-state index < -0.39 is 12.0 Å². The number of carbonyl (C=O) groups excluding carboxylic acids is 2. The molecule has 1 saturated heterocycles. The summed E-state index contributed by atoms with van der Waals surface area (Å²) >= 11 is 0. The van der Waals surface area contributed by atoms with Crippen molar-refractivity contribution in [3.05, 3.63) is 29.8 Å². The van der Waals surface area contributed by atoms with Crippen LogP contribution in [0.25, 0.3) is 0 Å². The number of methoxy groups -OCH3 is 1. The molecule has 1 unspecified atom stereocenters. The van der Waals surface area contributed by atoms with Crippen molar-refractivity contribution in [3.8, 4) is 0 Å². The van der Waals surface area contributed by atoms with E-state index in [1.54, 1.807) is 6.07 Å². The third kappa shape index (κ3) is 3.27. The molecule has 1 atom stereocenters. The topological polar surface area (TPSA) is 67.9 Å². The van der Waals surface area contributed by atoms with Crippen molar-refractivity contribution in [3.63, 3.8) is 0 Å². The molecule has 1 aromatic carbocycles. The Balaban J connectivity index is 2.08. The molecule has 1 N–H and O–H groups in total. The SMILES string of the molecule is COC(=O)C1COCCN1C(=O)Nc1cccc(C)c1. The van der Waals surface area contributed by atoms with Crippen LogP contribution in [-0.4, -0.2) is 49.8 Å². The molecule has 0 bridgehead atoms. The summed E-state index contributed by atoms with van der Waals surface area (Å²) in [5, 5.41) is 2.79. The fourth-order valence-electron chi connectivity index (χ4n) is 2.10. The molecule has 0 aliphatic carbocycles. The zero-order chi connectivity index (χ0) is 14.5. The van der Waals surface area contributed by atoms with Gasteiger partial charge in [-0.1, -0.05) is 12.1 Å². The van der Waals surface area contributed by atoms with Crippen LogP contribution in [0.4, 0.5) is 10.5 Å². The summed E-state index contributed by atoms with van der Waals surface area (Å²) in [6, 6.07) is 6.46. The summed E-state index contributed by atoms with van der Waals surface area (Å²) in [6.07, 6.45) is 0. The van der Waals surface area contributed by atoms with Crippen LogP contribution >= 0.6 is 0 Å². The number of esters is 1. The van der Waals surface area contributed by atoms with Gasteiger partial charge in [-0.25, -0.2) is 9.59 Å². The molecule has 1 aliphatic rings. The number of aryl methyl sites for hydroxylation is 1. The van der Waals surface area contributed by atoms with Crippen molar-refractivity contribution in [2.45, 2.75) is 13.0 Å². The number of morpholine rings is 1. The molecular weight excluding hydrogens is 260 g/mol. The number of benzene rings is 1. The number of anilines is 1. The van der Waals surface area contributed by atoms with Gasteiger partial charge in [0.25, 0.3) is 0 Å². The molecule has 0 saturated carbocycles. The average molecular weight is 278 g/mol. The first-order chi connectivity index (χ1) is 9.61. The molecule has 1 fully saturated rings. The fraction of sp³-hybridized carbons (Fsp3) is 0.429. The van der Waals surface area contributed by atoms with Gasteiger partial charge < -0.3 is 19.7 Å². The summed E-state index contributed by atoms with van der Waals surface area (Å²) in [5.74, 6) is -0.468. The van der Waals surface area contributed by atoms with Crippen molar-refractivity contribution in [1.29, 1.82) is 0 Å². The Morgan fingerprint density at radius 2 is 2.25 bits per heavy atom. The predicted octanol–water partition coefficient (Wildman–Crippen LogP) is 1.40. The number of amides is 2. The second-order valence-corrected chi connectivity index (χ2v) is 4.61. The number of carbonyl (C=O) groups is 2. The van der Waals surface area contributed by atoms with Crippen LogP contribution < -0.4 is 5.32 Å². The first kappa shape index (κ1) is 14.3. The van der Waals surface area contributed by atoms with Crippen LogP contribution in [0.5, 0.6) is 0 Å². The van der Waals surface area contributed by atoms with E-state index in [1.807, 2.05) is 25.1 Å². The summed E-state index contributed by atoms with van der Waals surface area (Å²) < 4.78 is 9.93. The van der Waals surface area contributed by atoms with Crippen LogP contribution in [0.15, 0.2) is 24.3 Å². The molecule has 0 radical (unpaired) electrons. The van der Waals surface area contributed by atoms with Gasteiger partial charge in [0, 0.05) is 12.2 Å². The number of nitrogens with one attached hydrogen (secondary N) is 1. The minimum absolute atomic E-state index is 0.161. The Morgan fingerprint density at radius 3 is 2.95 bits per heavy atom. The lowest BCUT2D eigenvalue weighted by Crippen LogP contribution is -2.54. The van der Waals surface area contributed by atoms with E-state index in [4.69, 9.17) is 9.47 Å². The van der Waals surface area contributed by atoms with E-state index in [-0.39, 0.29) is 12.6 Å². The van der Waals surface area contributed by atoms with Gasteiger partial charge in [-0.3, -0.25) is 0 Å². The molecule has 20 heavy (non-hydrogen) atoms. The predicted molar refractivity (Wildman–Crippen MR) is 73.5 cm³/mol. The van der Waals surface area contributed by atoms with E-state index >= 15 is 0 Å². The third-order valence-electron chi connectivity index (χ3n) is 3.13. The quantitative estimate of drug-likeness (QED) is 0.830. The first-order valence-corrected chi connectivity index (χ1v) is 6.41. The van der Waals surface area contributed by atoms with Gasteiger partial charge in [0.1, 0.15) is 0 Å². The van der Waals surface area contributed by atoms with Crippen molar-refractivity contribution in [1.82, 2.24) is 4.90 Å². The molecular formula is C14H18N2O4. The highest BCUT2D eigenvalue weighted by Gasteiger charge is 2.33. The number of hydrogen-bond donors (Lipinski definition) is 1. The maximum absolute atomic E-state index is 12.3. The van der Waals surface area contributed by atoms with Gasteiger partial charge >= 0.3 is 12.0 Å². The average Bonchev–Trinajstić information content (AvgIpc) is 2.46. The minimum Gasteiger partial charge on any atom is -0.467 e. The van der Waals surface area contributed by atoms with Gasteiger partial charge in [0.15, 0.2) is 6.04 Å². The molecule has 108 valence electrons. The van der Waals surface area contributed by atoms with Gasteiger partial charge in [-0.2, -0.15) is 0 Å². The molecule has 2 rings (SSSR count). The second-order valence-electron chi connectivity index (χ2n) is 4.61. The molecule has 1 aliphatic heterocycles. The fourth-order valence-corrected chi connectivity index (χ4v) is 2.10. The number of ether oxygens (including phenoxy) is 2. The minimum atomic E-state index is -0.696. The lowest BCUT2D eigenvalue weighted by Gasteiger charge is -2.33. The zero-order valence-electron chi connectivity index (χ0n) is 11.6. The molecule has 1 heterocycles. The summed E-state index contributed by atoms with van der Waals surface area (Å²) in [7, 11) is 1.30. The molecule has 2 amide bonds. The van der Waals surface area contributed by atoms with Crippen LogP contribution in [0.3, 0.4) is 0 Å². The third-order valence-corrected chi connectivity index (χ3v) is 3.13. The van der Waals surface area contributed by atoms with E-state index in [2.05, 4.69) is 5.32 Å². The zero-order valence-corrected chi connectivity index (χ0v) is 11.6. The van der Waals surface area contributed by atoms with Crippen molar-refractivity contribution in [2.24, 2.45) is 0 Å². The summed E-state index contributed by atoms with van der Waals surface area (Å²) in [4.78, 5) is 25.4. The van der Waals surface area contributed by atoms with Crippen molar-refractivity contribution in [2.75, 3.05) is 32.2 Å². The van der Waals surface area contributed by atoms with Crippen LogP contribution in [0.2, 0.25) is 0 Å². The molecule has 6 heteroatoms. The lowest BCUT2D eigenvalue weighted by molar-refractivity contribution is -0.150. The number of hydrogen-bond acceptors (Lipinski definition) is 4. The first-order valence-electron chi connectivity index (χ1n) is 6.41. The molecule has 1 aromatic rings. The number of rotatable bonds is 2. The van der Waals surface area contributed by atoms with Gasteiger partial charge in [-0.05, 0) is 24.6 Å². The van der Waals surface area contributed by atoms with Gasteiger partial charge in [0.05, 0.1) is 20.3 Å². The highest BCUT2D eigenvalue weighted by atomic mass is 16.5. The van der Waals surface area contributed by atoms with E-state index in [0.29, 0.717) is 18.8 Å². The highest BCUT2D eigenvalue weighted by molar-refractivity contribution is 5.92. The number of nitrogens with zero attached hydrogens (tertiary/aromatic N) is 1. The molecule has 0 aromatic heterocycles. The van der Waals surface area contributed by atoms with Crippen molar-refractivity contribution < 1.29 is 19.1 Å². The Labute approximate surface area is 117 Å². The monoisotopic (exact) mass is 278 g/mol. The largest absolute Gasteiger partial charge is 0.467 e. The summed E-state index contributed by atoms with van der Waals surface area (Å²) in [6.45, 7) is 2.88. The standard InChI is InChI=1S/C14H18N2O4/c1-10-4-3-5-11(8-10)15-14(18)16-6-7-20-9-12(16)13(17)19-2/h3-5,8,12H,6-7,9H2,1-2H3,(H,15,18). The smallest absolute Gasteiger partial charge is 0.331 e. The molecule has 6 nitrogen and oxygen atoms in total. The van der Waals surface area contributed by atoms with Crippen molar-refractivity contribution >= 4 is 17.7 Å². The Kier molecular flexibility index (Phi) is 4.57. The number of urea groups is 1. The Hall–Kier alpha value is -2.08. The van der Waals surface area contributed by atoms with Gasteiger partial charge in [0.2, 0.25) is 0 Å². The highest BCUT2D eigenvalue weighted by Crippen LogP contribution is 2.14. The van der Waals surface area contributed by atoms with Gasteiger partial charge in [-0.15, -0.1) is 0 Å². The van der Waals surface area contributed by atoms with Crippen LogP contribution in [0.1, 0.15) is 5.56 Å². The van der Waals surface area contributed by atoms with E-state index in [0.717, 1.165) is 5.56 Å². The van der Waals surface area contributed by atoms with Crippen LogP contribution in [0, 0.1) is 6.92 Å². The lowest BCUT2D eigenvalue weighted by atomic mass is 10.2. The maximum atomic E-state index is 12.3. The summed E-state index contributed by atoms with van der Waals surface area (Å²) in [5.41, 5.74) is 1.75. The van der Waals surface area contributed by atoms with E-state index in [9.17, 15) is 9.59 Å². The Morgan fingerprint density at radius 1 is 1.45 bits per heavy atom. The molecule has 0 spiro atoms. The van der Waals surface area contributed by atoms with Crippen LogP contribution in [-0.2, 0) is 14.3 Å². The maximum Gasteiger partial charge on any atom is 0.331 e. The Bertz CT molecular complexity index is 504. The second kappa shape index (κ2) is 6.38. The normalized spacial score (nSPS) is 18.5. The van der Waals surface area contributed by atoms with E-state index in [1.165, 1.54) is 12.0 Å².